The molecule has 1 aliphatic rings. The molecule has 30 heavy (non-hydrogen) atoms. The molecule has 2 aromatic carbocycles. The van der Waals surface area contributed by atoms with Crippen LogP contribution in [0.5, 0.6) is 0 Å². The minimum atomic E-state index is -0.507. The van der Waals surface area contributed by atoms with Gasteiger partial charge in [0.1, 0.15) is 11.5 Å². The Kier molecular flexibility index (Phi) is 5.82. The molecule has 0 bridgehead atoms. The summed E-state index contributed by atoms with van der Waals surface area (Å²) in [6.45, 7) is 0.419. The third-order valence-electron chi connectivity index (χ3n) is 4.87. The van der Waals surface area contributed by atoms with Crippen LogP contribution in [0.3, 0.4) is 0 Å². The predicted octanol–water partition coefficient (Wildman–Crippen LogP) is 4.42. The van der Waals surface area contributed by atoms with Crippen molar-refractivity contribution in [3.63, 3.8) is 0 Å². The predicted molar refractivity (Wildman–Crippen MR) is 116 cm³/mol. The fourth-order valence-corrected chi connectivity index (χ4v) is 4.31. The van der Waals surface area contributed by atoms with Gasteiger partial charge in [0.05, 0.1) is 18.5 Å². The lowest BCUT2D eigenvalue weighted by Gasteiger charge is -2.14. The van der Waals surface area contributed by atoms with Gasteiger partial charge in [-0.2, -0.15) is 0 Å². The minimum Gasteiger partial charge on any atom is -0.465 e. The third kappa shape index (κ3) is 4.07. The number of hydrogen-bond donors (Lipinski definition) is 1. The number of thiophene rings is 1. The van der Waals surface area contributed by atoms with Crippen LogP contribution >= 0.6 is 11.3 Å². The van der Waals surface area contributed by atoms with E-state index in [2.05, 4.69) is 46.2 Å². The van der Waals surface area contributed by atoms with E-state index in [4.69, 9.17) is 4.74 Å². The number of hydrogen-bond acceptors (Lipinski definition) is 5. The lowest BCUT2D eigenvalue weighted by Crippen LogP contribution is -2.26. The van der Waals surface area contributed by atoms with Gasteiger partial charge in [0.25, 0.3) is 0 Å². The Bertz CT molecular complexity index is 1110. The van der Waals surface area contributed by atoms with Crippen LogP contribution in [-0.2, 0) is 9.47 Å². The monoisotopic (exact) mass is 417 g/mol. The summed E-state index contributed by atoms with van der Waals surface area (Å²) in [6, 6.07) is 19.8. The Hall–Kier alpha value is -3.56. The number of alkyl carbamates (subject to hydrolysis) is 1. The summed E-state index contributed by atoms with van der Waals surface area (Å²) in [4.78, 5) is 24.8. The number of carbonyl (C=O) groups is 2. The van der Waals surface area contributed by atoms with Gasteiger partial charge < -0.3 is 14.8 Å². The van der Waals surface area contributed by atoms with Gasteiger partial charge in [0.15, 0.2) is 0 Å². The topological polar surface area (TPSA) is 64.6 Å². The quantitative estimate of drug-likeness (QED) is 0.504. The van der Waals surface area contributed by atoms with Crippen LogP contribution in [0.15, 0.2) is 60.7 Å². The van der Waals surface area contributed by atoms with Crippen LogP contribution in [0.25, 0.3) is 11.1 Å². The first-order valence-electron chi connectivity index (χ1n) is 9.43. The normalized spacial score (nSPS) is 11.6. The highest BCUT2D eigenvalue weighted by atomic mass is 32.1. The molecule has 1 heterocycles. The molecule has 0 aliphatic heterocycles. The second-order valence-electron chi connectivity index (χ2n) is 6.64. The van der Waals surface area contributed by atoms with Crippen LogP contribution < -0.4 is 5.32 Å². The van der Waals surface area contributed by atoms with Crippen molar-refractivity contribution in [1.29, 1.82) is 0 Å². The molecule has 5 nitrogen and oxygen atoms in total. The first kappa shape index (κ1) is 19.7. The van der Waals surface area contributed by atoms with Crippen LogP contribution in [0.1, 0.15) is 31.6 Å². The first-order valence-corrected chi connectivity index (χ1v) is 10.2. The molecule has 1 N–H and O–H groups in total. The van der Waals surface area contributed by atoms with Gasteiger partial charge in [0, 0.05) is 5.92 Å². The molecule has 4 rings (SSSR count). The Morgan fingerprint density at radius 2 is 1.67 bits per heavy atom. The van der Waals surface area contributed by atoms with E-state index in [9.17, 15) is 9.59 Å². The standard InChI is InChI=1S/C24H19NO4S/c1-28-23(26)22-13-12-16(30-22)7-6-14-25-24(27)29-15-21-19-10-4-2-8-17(19)18-9-3-5-11-20(18)21/h2-5,8-13,21H,14-15H2,1H3,(H,25,27). The summed E-state index contributed by atoms with van der Waals surface area (Å²) in [7, 11) is 1.34. The van der Waals surface area contributed by atoms with E-state index in [0.29, 0.717) is 4.88 Å². The molecule has 1 aromatic heterocycles. The van der Waals surface area contributed by atoms with Crippen molar-refractivity contribution in [3.8, 4) is 23.0 Å². The maximum Gasteiger partial charge on any atom is 0.407 e. The molecule has 0 fully saturated rings. The van der Waals surface area contributed by atoms with Crippen molar-refractivity contribution in [1.82, 2.24) is 5.32 Å². The smallest absolute Gasteiger partial charge is 0.407 e. The van der Waals surface area contributed by atoms with E-state index >= 15 is 0 Å². The summed E-state index contributed by atoms with van der Waals surface area (Å²) in [5, 5.41) is 2.64. The molecular weight excluding hydrogens is 398 g/mol. The zero-order chi connectivity index (χ0) is 20.9. The van der Waals surface area contributed by atoms with Crippen molar-refractivity contribution >= 4 is 23.4 Å². The molecule has 1 aliphatic carbocycles. The van der Waals surface area contributed by atoms with Crippen molar-refractivity contribution in [2.45, 2.75) is 5.92 Å². The number of carbonyl (C=O) groups excluding carboxylic acids is 2. The summed E-state index contributed by atoms with van der Waals surface area (Å²) in [5.41, 5.74) is 4.72. The van der Waals surface area contributed by atoms with Crippen LogP contribution in [0.2, 0.25) is 0 Å². The van der Waals surface area contributed by atoms with Gasteiger partial charge in [0.2, 0.25) is 0 Å². The van der Waals surface area contributed by atoms with Crippen molar-refractivity contribution in [2.75, 3.05) is 20.3 Å². The maximum atomic E-state index is 12.1. The van der Waals surface area contributed by atoms with Crippen molar-refractivity contribution in [3.05, 3.63) is 81.5 Å². The number of methoxy groups -OCH3 is 1. The zero-order valence-electron chi connectivity index (χ0n) is 16.3. The van der Waals surface area contributed by atoms with Gasteiger partial charge in [-0.15, -0.1) is 11.3 Å². The second kappa shape index (κ2) is 8.85. The average molecular weight is 417 g/mol. The van der Waals surface area contributed by atoms with Gasteiger partial charge in [-0.1, -0.05) is 60.4 Å². The summed E-state index contributed by atoms with van der Waals surface area (Å²) >= 11 is 1.25. The SMILES string of the molecule is COC(=O)c1ccc(C#CCNC(=O)OCC2c3ccccc3-c3ccccc32)s1. The summed E-state index contributed by atoms with van der Waals surface area (Å²) < 4.78 is 10.1. The number of benzene rings is 2. The zero-order valence-corrected chi connectivity index (χ0v) is 17.1. The third-order valence-corrected chi connectivity index (χ3v) is 5.85. The van der Waals surface area contributed by atoms with E-state index in [1.807, 2.05) is 24.3 Å². The lowest BCUT2D eigenvalue weighted by atomic mass is 9.98. The summed E-state index contributed by atoms with van der Waals surface area (Å²) in [6.07, 6.45) is -0.507. The highest BCUT2D eigenvalue weighted by molar-refractivity contribution is 7.14. The number of fused-ring (bicyclic) bond motifs is 3. The molecule has 0 spiro atoms. The fraction of sp³-hybridized carbons (Fsp3) is 0.167. The maximum absolute atomic E-state index is 12.1. The van der Waals surface area contributed by atoms with Crippen molar-refractivity contribution < 1.29 is 19.1 Å². The minimum absolute atomic E-state index is 0.0251. The number of rotatable bonds is 4. The van der Waals surface area contributed by atoms with Gasteiger partial charge in [-0.25, -0.2) is 9.59 Å². The largest absolute Gasteiger partial charge is 0.465 e. The van der Waals surface area contributed by atoms with Crippen LogP contribution in [-0.4, -0.2) is 32.3 Å². The van der Waals surface area contributed by atoms with E-state index in [-0.39, 0.29) is 25.0 Å². The highest BCUT2D eigenvalue weighted by Crippen LogP contribution is 2.44. The van der Waals surface area contributed by atoms with E-state index in [1.165, 1.54) is 40.7 Å². The van der Waals surface area contributed by atoms with E-state index in [0.717, 1.165) is 4.88 Å². The van der Waals surface area contributed by atoms with Crippen LogP contribution in [0.4, 0.5) is 4.79 Å². The molecule has 3 aromatic rings. The molecule has 1 amide bonds. The van der Waals surface area contributed by atoms with E-state index < -0.39 is 6.09 Å². The molecule has 150 valence electrons. The molecule has 0 saturated heterocycles. The van der Waals surface area contributed by atoms with Crippen LogP contribution in [0, 0.1) is 11.8 Å². The van der Waals surface area contributed by atoms with Crippen molar-refractivity contribution in [2.24, 2.45) is 0 Å². The Labute approximate surface area is 178 Å². The molecule has 0 atom stereocenters. The fourth-order valence-electron chi connectivity index (χ4n) is 3.51. The second-order valence-corrected chi connectivity index (χ2v) is 7.72. The van der Waals surface area contributed by atoms with Gasteiger partial charge >= 0.3 is 12.1 Å². The molecule has 6 heteroatoms. The number of esters is 1. The van der Waals surface area contributed by atoms with Gasteiger partial charge in [-0.3, -0.25) is 0 Å². The number of ether oxygens (including phenoxy) is 2. The number of nitrogens with one attached hydrogen (secondary N) is 1. The molecule has 0 unspecified atom stereocenters. The average Bonchev–Trinajstić information content (AvgIpc) is 3.38. The van der Waals surface area contributed by atoms with Gasteiger partial charge in [-0.05, 0) is 34.4 Å². The molecular formula is C24H19NO4S. The summed E-state index contributed by atoms with van der Waals surface area (Å²) in [5.74, 6) is 5.41. The Morgan fingerprint density at radius 3 is 2.33 bits per heavy atom. The Balaban J connectivity index is 1.32. The molecule has 0 radical (unpaired) electrons. The lowest BCUT2D eigenvalue weighted by molar-refractivity contribution is 0.0606. The molecule has 0 saturated carbocycles. The number of amides is 1. The highest BCUT2D eigenvalue weighted by Gasteiger charge is 2.28. The Morgan fingerprint density at radius 1 is 1.00 bits per heavy atom. The first-order chi connectivity index (χ1) is 14.7. The van der Waals surface area contributed by atoms with E-state index in [1.54, 1.807) is 12.1 Å².